The van der Waals surface area contributed by atoms with Crippen LogP contribution in [0.15, 0.2) is 35.4 Å². The zero-order valence-corrected chi connectivity index (χ0v) is 13.5. The lowest BCUT2D eigenvalue weighted by Crippen LogP contribution is -2.29. The maximum Gasteiger partial charge on any atom is 0.243 e. The van der Waals surface area contributed by atoms with Crippen LogP contribution < -0.4 is 5.32 Å². The molecule has 1 aromatic rings. The third-order valence-electron chi connectivity index (χ3n) is 4.56. The van der Waals surface area contributed by atoms with Gasteiger partial charge in [0.05, 0.1) is 12.3 Å². The van der Waals surface area contributed by atoms with Gasteiger partial charge < -0.3 is 5.32 Å². The van der Waals surface area contributed by atoms with Crippen LogP contribution in [0.5, 0.6) is 0 Å². The Morgan fingerprint density at radius 2 is 2.04 bits per heavy atom. The molecule has 1 saturated carbocycles. The van der Waals surface area contributed by atoms with Crippen LogP contribution >= 0.6 is 0 Å². The van der Waals surface area contributed by atoms with E-state index in [0.717, 1.165) is 30.5 Å². The summed E-state index contributed by atoms with van der Waals surface area (Å²) < 4.78 is 0. The predicted molar refractivity (Wildman–Crippen MR) is 88.9 cm³/mol. The Balaban J connectivity index is 1.46. The average Bonchev–Trinajstić information content (AvgIpc) is 3.13. The highest BCUT2D eigenvalue weighted by molar-refractivity contribution is 6.02. The Morgan fingerprint density at radius 3 is 2.74 bits per heavy atom. The van der Waals surface area contributed by atoms with Gasteiger partial charge in [0.2, 0.25) is 11.8 Å². The molecular formula is C18H23N3O2. The maximum atomic E-state index is 12.2. The topological polar surface area (TPSA) is 61.8 Å². The van der Waals surface area contributed by atoms with Gasteiger partial charge in [0, 0.05) is 25.3 Å². The molecule has 0 spiro atoms. The van der Waals surface area contributed by atoms with Crippen LogP contribution in [-0.4, -0.2) is 35.1 Å². The fraction of sp³-hybridized carbons (Fsp3) is 0.500. The molecule has 0 unspecified atom stereocenters. The number of carbonyl (C=O) groups excluding carboxylic acids is 2. The van der Waals surface area contributed by atoms with Gasteiger partial charge in [-0.1, -0.05) is 43.7 Å². The number of rotatable bonds is 6. The summed E-state index contributed by atoms with van der Waals surface area (Å²) in [4.78, 5) is 24.0. The summed E-state index contributed by atoms with van der Waals surface area (Å²) in [5, 5.41) is 8.90. The van der Waals surface area contributed by atoms with Gasteiger partial charge in [-0.3, -0.25) is 9.59 Å². The van der Waals surface area contributed by atoms with E-state index in [9.17, 15) is 9.59 Å². The van der Waals surface area contributed by atoms with E-state index in [-0.39, 0.29) is 24.7 Å². The van der Waals surface area contributed by atoms with E-state index < -0.39 is 0 Å². The van der Waals surface area contributed by atoms with Gasteiger partial charge in [0.1, 0.15) is 0 Å². The molecule has 23 heavy (non-hydrogen) atoms. The molecule has 0 bridgehead atoms. The smallest absolute Gasteiger partial charge is 0.243 e. The van der Waals surface area contributed by atoms with Crippen LogP contribution in [0.4, 0.5) is 0 Å². The third-order valence-corrected chi connectivity index (χ3v) is 4.56. The molecule has 1 aromatic carbocycles. The lowest BCUT2D eigenvalue weighted by atomic mass is 10.1. The van der Waals surface area contributed by atoms with E-state index in [2.05, 4.69) is 17.3 Å². The van der Waals surface area contributed by atoms with Crippen LogP contribution in [0.25, 0.3) is 0 Å². The lowest BCUT2D eigenvalue weighted by molar-refractivity contribution is -0.133. The van der Waals surface area contributed by atoms with Crippen molar-refractivity contribution < 1.29 is 9.59 Å². The van der Waals surface area contributed by atoms with Gasteiger partial charge in [-0.15, -0.1) is 0 Å². The Hall–Kier alpha value is -2.17. The standard InChI is InChI=1S/C18H23N3O2/c1-2-13-12-16(13)19-17(22)8-9-18(23)21-11-10-15(20-21)14-6-4-3-5-7-14/h3-7,13,16H,2,8-12H2,1H3,(H,19,22)/t13-,16+/m1/s1. The van der Waals surface area contributed by atoms with Crippen LogP contribution in [0, 0.1) is 5.92 Å². The Bertz CT molecular complexity index is 612. The summed E-state index contributed by atoms with van der Waals surface area (Å²) in [6.45, 7) is 2.74. The monoisotopic (exact) mass is 313 g/mol. The van der Waals surface area contributed by atoms with Crippen molar-refractivity contribution in [1.82, 2.24) is 10.3 Å². The number of nitrogens with one attached hydrogen (secondary N) is 1. The molecule has 0 radical (unpaired) electrons. The summed E-state index contributed by atoms with van der Waals surface area (Å²) in [6.07, 6.45) is 3.42. The number of amides is 2. The molecule has 3 rings (SSSR count). The minimum absolute atomic E-state index is 0.0224. The molecule has 1 aliphatic carbocycles. The second kappa shape index (κ2) is 6.94. The molecule has 2 amide bonds. The van der Waals surface area contributed by atoms with Crippen LogP contribution in [-0.2, 0) is 9.59 Å². The molecule has 1 fully saturated rings. The second-order valence-corrected chi connectivity index (χ2v) is 6.26. The number of carbonyl (C=O) groups is 2. The van der Waals surface area contributed by atoms with Gasteiger partial charge in [-0.25, -0.2) is 5.01 Å². The van der Waals surface area contributed by atoms with Crippen molar-refractivity contribution in [2.24, 2.45) is 11.0 Å². The van der Waals surface area contributed by atoms with Crippen molar-refractivity contribution in [1.29, 1.82) is 0 Å². The number of hydrogen-bond acceptors (Lipinski definition) is 3. The molecule has 0 saturated heterocycles. The zero-order chi connectivity index (χ0) is 16.2. The number of benzene rings is 1. The van der Waals surface area contributed by atoms with Crippen molar-refractivity contribution in [3.8, 4) is 0 Å². The van der Waals surface area contributed by atoms with Crippen LogP contribution in [0.1, 0.15) is 44.6 Å². The van der Waals surface area contributed by atoms with E-state index in [0.29, 0.717) is 18.5 Å². The normalized spacial score (nSPS) is 22.7. The Labute approximate surface area is 136 Å². The largest absolute Gasteiger partial charge is 0.353 e. The quantitative estimate of drug-likeness (QED) is 0.876. The van der Waals surface area contributed by atoms with Gasteiger partial charge >= 0.3 is 0 Å². The first-order valence-corrected chi connectivity index (χ1v) is 8.40. The molecule has 0 aromatic heterocycles. The van der Waals surface area contributed by atoms with Gasteiger partial charge in [-0.2, -0.15) is 5.10 Å². The van der Waals surface area contributed by atoms with E-state index in [4.69, 9.17) is 0 Å². The molecule has 5 nitrogen and oxygen atoms in total. The van der Waals surface area contributed by atoms with Crippen molar-refractivity contribution in [3.63, 3.8) is 0 Å². The average molecular weight is 313 g/mol. The fourth-order valence-electron chi connectivity index (χ4n) is 2.97. The molecule has 1 heterocycles. The zero-order valence-electron chi connectivity index (χ0n) is 13.5. The number of hydrogen-bond donors (Lipinski definition) is 1. The maximum absolute atomic E-state index is 12.2. The first kappa shape index (κ1) is 15.7. The van der Waals surface area contributed by atoms with E-state index in [1.807, 2.05) is 30.3 Å². The van der Waals surface area contributed by atoms with Crippen molar-refractivity contribution in [3.05, 3.63) is 35.9 Å². The first-order chi connectivity index (χ1) is 11.2. The Morgan fingerprint density at radius 1 is 1.26 bits per heavy atom. The lowest BCUT2D eigenvalue weighted by Gasteiger charge is -2.11. The summed E-state index contributed by atoms with van der Waals surface area (Å²) in [6, 6.07) is 10.2. The summed E-state index contributed by atoms with van der Waals surface area (Å²) >= 11 is 0. The number of hydrazone groups is 1. The third kappa shape index (κ3) is 3.97. The SMILES string of the molecule is CC[C@@H]1C[C@@H]1NC(=O)CCC(=O)N1CCC(c2ccccc2)=N1. The molecule has 5 heteroatoms. The molecular weight excluding hydrogens is 290 g/mol. The molecule has 122 valence electrons. The van der Waals surface area contributed by atoms with Gasteiger partial charge in [-0.05, 0) is 17.9 Å². The minimum atomic E-state index is -0.0751. The highest BCUT2D eigenvalue weighted by Crippen LogP contribution is 2.33. The van der Waals surface area contributed by atoms with E-state index in [1.54, 1.807) is 0 Å². The first-order valence-electron chi connectivity index (χ1n) is 8.40. The minimum Gasteiger partial charge on any atom is -0.353 e. The fourth-order valence-corrected chi connectivity index (χ4v) is 2.97. The van der Waals surface area contributed by atoms with E-state index >= 15 is 0 Å². The summed E-state index contributed by atoms with van der Waals surface area (Å²) in [7, 11) is 0. The predicted octanol–water partition coefficient (Wildman–Crippen LogP) is 2.32. The second-order valence-electron chi connectivity index (χ2n) is 6.26. The molecule has 1 N–H and O–H groups in total. The van der Waals surface area contributed by atoms with Crippen molar-refractivity contribution in [2.75, 3.05) is 6.54 Å². The molecule has 2 aliphatic rings. The van der Waals surface area contributed by atoms with Gasteiger partial charge in [0.15, 0.2) is 0 Å². The molecule has 2 atom stereocenters. The van der Waals surface area contributed by atoms with Gasteiger partial charge in [0.25, 0.3) is 0 Å². The van der Waals surface area contributed by atoms with E-state index in [1.165, 1.54) is 5.01 Å². The summed E-state index contributed by atoms with van der Waals surface area (Å²) in [5.41, 5.74) is 1.99. The van der Waals surface area contributed by atoms with Crippen molar-refractivity contribution >= 4 is 17.5 Å². The summed E-state index contributed by atoms with van der Waals surface area (Å²) in [5.74, 6) is 0.533. The van der Waals surface area contributed by atoms with Crippen LogP contribution in [0.3, 0.4) is 0 Å². The Kier molecular flexibility index (Phi) is 4.74. The van der Waals surface area contributed by atoms with Crippen molar-refractivity contribution in [2.45, 2.75) is 45.1 Å². The van der Waals surface area contributed by atoms with Crippen LogP contribution in [0.2, 0.25) is 0 Å². The number of nitrogens with zero attached hydrogens (tertiary/aromatic N) is 2. The molecule has 1 aliphatic heterocycles. The highest BCUT2D eigenvalue weighted by atomic mass is 16.2. The highest BCUT2D eigenvalue weighted by Gasteiger charge is 2.36.